The van der Waals surface area contributed by atoms with Crippen LogP contribution in [-0.2, 0) is 38.1 Å². The van der Waals surface area contributed by atoms with Gasteiger partial charge in [0.15, 0.2) is 0 Å². The number of esters is 1. The van der Waals surface area contributed by atoms with Gasteiger partial charge in [0.1, 0.15) is 30.5 Å². The van der Waals surface area contributed by atoms with Crippen molar-refractivity contribution in [3.8, 4) is 11.1 Å². The highest BCUT2D eigenvalue weighted by Crippen LogP contribution is 2.45. The number of fused-ring (bicyclic) bond motifs is 3. The van der Waals surface area contributed by atoms with Crippen molar-refractivity contribution in [2.24, 2.45) is 5.92 Å². The van der Waals surface area contributed by atoms with Crippen molar-refractivity contribution in [2.45, 2.75) is 114 Å². The molecule has 312 valence electrons. The zero-order valence-electron chi connectivity index (χ0n) is 34.0. The lowest BCUT2D eigenvalue weighted by Gasteiger charge is -2.39. The number of carbonyl (C=O) groups excluding carboxylic acids is 4. The maximum atomic E-state index is 12.7. The monoisotopic (exact) mass is 799 g/mol. The number of alkyl carbamates (subject to hydrolysis) is 1. The van der Waals surface area contributed by atoms with Gasteiger partial charge in [-0.05, 0) is 67.9 Å². The van der Waals surface area contributed by atoms with Gasteiger partial charge in [-0.1, -0.05) is 79.3 Å². The fourth-order valence-electron chi connectivity index (χ4n) is 8.13. The van der Waals surface area contributed by atoms with Gasteiger partial charge in [-0.3, -0.25) is 14.4 Å². The summed E-state index contributed by atoms with van der Waals surface area (Å²) >= 11 is 0. The van der Waals surface area contributed by atoms with E-state index in [1.54, 1.807) is 13.0 Å². The van der Waals surface area contributed by atoms with Crippen LogP contribution in [0.25, 0.3) is 11.1 Å². The van der Waals surface area contributed by atoms with Gasteiger partial charge in [0.05, 0.1) is 31.0 Å². The van der Waals surface area contributed by atoms with E-state index in [2.05, 4.69) is 53.2 Å². The van der Waals surface area contributed by atoms with Crippen LogP contribution in [0.1, 0.15) is 77.3 Å². The molecule has 1 spiro atoms. The Bertz CT molecular complexity index is 1840. The smallest absolute Gasteiger partial charge is 0.407 e. The predicted octanol–water partition coefficient (Wildman–Crippen LogP) is 5.02. The molecule has 3 saturated heterocycles. The predicted molar refractivity (Wildman–Crippen MR) is 217 cm³/mol. The molecule has 3 fully saturated rings. The summed E-state index contributed by atoms with van der Waals surface area (Å²) in [5.41, 5.74) is 4.85. The van der Waals surface area contributed by atoms with Crippen LogP contribution in [0.5, 0.6) is 0 Å². The summed E-state index contributed by atoms with van der Waals surface area (Å²) in [7, 11) is 0. The van der Waals surface area contributed by atoms with E-state index >= 15 is 0 Å². The van der Waals surface area contributed by atoms with E-state index in [1.165, 1.54) is 13.0 Å². The first kappa shape index (κ1) is 42.8. The van der Waals surface area contributed by atoms with Crippen LogP contribution in [0.4, 0.5) is 4.79 Å². The fourth-order valence-corrected chi connectivity index (χ4v) is 8.13. The largest absolute Gasteiger partial charge is 0.459 e. The number of rotatable bonds is 15. The quantitative estimate of drug-likeness (QED) is 0.0830. The van der Waals surface area contributed by atoms with Gasteiger partial charge in [-0.2, -0.15) is 0 Å². The Morgan fingerprint density at radius 1 is 0.983 bits per heavy atom. The van der Waals surface area contributed by atoms with E-state index in [9.17, 15) is 24.3 Å². The van der Waals surface area contributed by atoms with Gasteiger partial charge in [-0.15, -0.1) is 0 Å². The number of epoxide rings is 1. The van der Waals surface area contributed by atoms with E-state index in [4.69, 9.17) is 23.7 Å². The molecule has 4 N–H and O–H groups in total. The zero-order valence-corrected chi connectivity index (χ0v) is 34.0. The third kappa shape index (κ3) is 11.0. The van der Waals surface area contributed by atoms with Crippen molar-refractivity contribution in [3.05, 3.63) is 95.6 Å². The molecule has 3 aliphatic heterocycles. The molecule has 0 bridgehead atoms. The molecule has 3 amide bonds. The summed E-state index contributed by atoms with van der Waals surface area (Å²) in [6, 6.07) is 16.1. The molecular weight excluding hydrogens is 743 g/mol. The summed E-state index contributed by atoms with van der Waals surface area (Å²) in [5, 5.41) is 19.7. The van der Waals surface area contributed by atoms with Crippen LogP contribution in [0.15, 0.2) is 84.5 Å². The van der Waals surface area contributed by atoms with Crippen LogP contribution in [0.3, 0.4) is 0 Å². The number of hydrogen-bond donors (Lipinski definition) is 4. The number of nitrogens with one attached hydrogen (secondary N) is 3. The van der Waals surface area contributed by atoms with Crippen molar-refractivity contribution in [1.29, 1.82) is 0 Å². The van der Waals surface area contributed by atoms with E-state index in [0.29, 0.717) is 19.4 Å². The minimum atomic E-state index is -0.848. The molecule has 9 atom stereocenters. The van der Waals surface area contributed by atoms with Gasteiger partial charge < -0.3 is 44.7 Å². The lowest BCUT2D eigenvalue weighted by atomic mass is 9.87. The highest BCUT2D eigenvalue weighted by molar-refractivity contribution is 5.88. The molecule has 2 aromatic carbocycles. The highest BCUT2D eigenvalue weighted by Gasteiger charge is 2.58. The maximum absolute atomic E-state index is 12.7. The second-order valence-electron chi connectivity index (χ2n) is 16.0. The van der Waals surface area contributed by atoms with Crippen LogP contribution >= 0.6 is 0 Å². The van der Waals surface area contributed by atoms with E-state index in [0.717, 1.165) is 34.2 Å². The first-order valence-corrected chi connectivity index (χ1v) is 20.3. The van der Waals surface area contributed by atoms with Crippen LogP contribution < -0.4 is 16.0 Å². The van der Waals surface area contributed by atoms with Gasteiger partial charge >= 0.3 is 12.1 Å². The number of aliphatic hydroxyl groups is 1. The number of amides is 3. The van der Waals surface area contributed by atoms with Crippen molar-refractivity contribution < 1.29 is 48.0 Å². The molecule has 6 rings (SSSR count). The summed E-state index contributed by atoms with van der Waals surface area (Å²) in [6.45, 7) is 10.0. The number of aliphatic hydroxyl groups excluding tert-OH is 1. The topological polar surface area (TPSA) is 174 Å². The normalized spacial score (nSPS) is 28.4. The Kier molecular flexibility index (Phi) is 14.2. The van der Waals surface area contributed by atoms with E-state index in [1.807, 2.05) is 50.3 Å². The van der Waals surface area contributed by atoms with E-state index < -0.39 is 36.0 Å². The Morgan fingerprint density at radius 2 is 1.67 bits per heavy atom. The minimum Gasteiger partial charge on any atom is -0.459 e. The molecular formula is C45H57N3O10. The SMILES string of the molecule is CC(=O)O[C@@H](C)/C=C\C(=O)N[C@@H]1C[C@H](C)[C@H](C/C=C(C)/C=C/[C@H]2O[C@H](CNC(=O)CCNC(=O)OCC3c4ccccc4-c4ccccc43)C[C@@]3(CO3)[C@@H]2O)O[C@@H]1C. The maximum Gasteiger partial charge on any atom is 0.407 e. The molecule has 2 aromatic rings. The van der Waals surface area contributed by atoms with Gasteiger partial charge in [0.25, 0.3) is 0 Å². The minimum absolute atomic E-state index is 0.0345. The van der Waals surface area contributed by atoms with Gasteiger partial charge in [0, 0.05) is 44.8 Å². The number of carbonyl (C=O) groups is 4. The highest BCUT2D eigenvalue weighted by atomic mass is 16.6. The molecule has 58 heavy (non-hydrogen) atoms. The van der Waals surface area contributed by atoms with Crippen molar-refractivity contribution >= 4 is 23.9 Å². The lowest BCUT2D eigenvalue weighted by Crippen LogP contribution is -2.52. The van der Waals surface area contributed by atoms with E-state index in [-0.39, 0.29) is 74.1 Å². The summed E-state index contributed by atoms with van der Waals surface area (Å²) in [4.78, 5) is 48.9. The first-order valence-electron chi connectivity index (χ1n) is 20.3. The third-order valence-electron chi connectivity index (χ3n) is 11.4. The molecule has 0 radical (unpaired) electrons. The average molecular weight is 800 g/mol. The number of ether oxygens (including phenoxy) is 5. The standard InChI is InChI=1S/C45H57N3O10/c1-27(14-17-39-28(2)22-38(30(4)57-39)48-42(51)19-16-29(3)56-31(5)49)15-18-40-43(52)45(26-55-45)23-32(58-40)24-47-41(50)20-21-46-44(53)54-25-37-35-12-8-6-10-33(35)34-11-7-9-13-36(34)37/h6-16,18-19,28-30,32,37-40,43,52H,17,20-26H2,1-5H3,(H,46,53)(H,47,50)(H,48,51)/b18-15+,19-16-,27-14+/t28-,29-,30+,32-,38+,39-,40+,43+,45+/m0/s1. The Balaban J connectivity index is 0.905. The Morgan fingerprint density at radius 3 is 2.34 bits per heavy atom. The molecule has 13 heteroatoms. The molecule has 1 aliphatic carbocycles. The number of benzene rings is 2. The second kappa shape index (κ2) is 19.3. The van der Waals surface area contributed by atoms with Gasteiger partial charge in [0.2, 0.25) is 11.8 Å². The molecule has 3 heterocycles. The lowest BCUT2D eigenvalue weighted by molar-refractivity contribution is -0.143. The molecule has 0 unspecified atom stereocenters. The number of allylic oxidation sites excluding steroid dienone is 2. The summed E-state index contributed by atoms with van der Waals surface area (Å²) in [6.07, 6.45) is 7.59. The summed E-state index contributed by atoms with van der Waals surface area (Å²) in [5.74, 6) is -0.766. The second-order valence-corrected chi connectivity index (χ2v) is 16.0. The van der Waals surface area contributed by atoms with Crippen molar-refractivity contribution in [2.75, 3.05) is 26.3 Å². The fraction of sp³-hybridized carbons (Fsp3) is 0.511. The van der Waals surface area contributed by atoms with Crippen LogP contribution in [-0.4, -0.2) is 104 Å². The molecule has 0 aromatic heterocycles. The molecule has 13 nitrogen and oxygen atoms in total. The Hall–Kier alpha value is -4.82. The number of hydrogen-bond acceptors (Lipinski definition) is 10. The van der Waals surface area contributed by atoms with Crippen molar-refractivity contribution in [1.82, 2.24) is 16.0 Å². The first-order chi connectivity index (χ1) is 27.8. The Labute approximate surface area is 340 Å². The van der Waals surface area contributed by atoms with Crippen LogP contribution in [0, 0.1) is 5.92 Å². The summed E-state index contributed by atoms with van der Waals surface area (Å²) < 4.78 is 28.9. The van der Waals surface area contributed by atoms with Gasteiger partial charge in [-0.25, -0.2) is 4.79 Å². The van der Waals surface area contributed by atoms with Crippen LogP contribution in [0.2, 0.25) is 0 Å². The zero-order chi connectivity index (χ0) is 41.4. The average Bonchev–Trinajstić information content (AvgIpc) is 3.90. The molecule has 0 saturated carbocycles. The van der Waals surface area contributed by atoms with Crippen molar-refractivity contribution in [3.63, 3.8) is 0 Å². The molecule has 4 aliphatic rings. The third-order valence-corrected chi connectivity index (χ3v) is 11.4.